The molecule has 222 valence electrons. The van der Waals surface area contributed by atoms with Crippen LogP contribution in [0.25, 0.3) is 16.6 Å². The van der Waals surface area contributed by atoms with Crippen molar-refractivity contribution in [1.29, 1.82) is 5.26 Å². The summed E-state index contributed by atoms with van der Waals surface area (Å²) in [6.45, 7) is 1.61. The summed E-state index contributed by atoms with van der Waals surface area (Å²) >= 11 is 0. The Bertz CT molecular complexity index is 1890. The number of nitrogens with one attached hydrogen (secondary N) is 2. The standard InChI is InChI=1S/C30H28F2N6O4S/c31-21-11-13-37(17-21)43(40,41)36-28-10-8-26(32)29(25(28)15-33)42-23-7-9-27-24(14-23)30(39)38(18-35-27)22-5-3-19(4-6-22)20-2-1-12-34-16-20/h3-10,14,18,20-21,34,36H,1-2,11-13,16-17H2. The fraction of sp³-hybridized carbons (Fsp3) is 0.300. The zero-order valence-corrected chi connectivity index (χ0v) is 23.8. The largest absolute Gasteiger partial charge is 0.453 e. The Labute approximate surface area is 246 Å². The van der Waals surface area contributed by atoms with Gasteiger partial charge in [-0.3, -0.25) is 14.1 Å². The smallest absolute Gasteiger partial charge is 0.301 e. The SMILES string of the molecule is N#Cc1c(NS(=O)(=O)N2CCC(F)C2)ccc(F)c1Oc1ccc2ncn(-c3ccc(C4CCCNC4)cc3)c(=O)c2c1. The van der Waals surface area contributed by atoms with E-state index in [0.29, 0.717) is 17.1 Å². The summed E-state index contributed by atoms with van der Waals surface area (Å²) in [7, 11) is -4.20. The minimum absolute atomic E-state index is 0.0201. The molecule has 10 nitrogen and oxygen atoms in total. The molecular formula is C30H28F2N6O4S. The van der Waals surface area contributed by atoms with Gasteiger partial charge in [0.1, 0.15) is 29.9 Å². The summed E-state index contributed by atoms with van der Waals surface area (Å²) in [4.78, 5) is 17.9. The molecular weight excluding hydrogens is 578 g/mol. The molecule has 2 aliphatic rings. The maximum absolute atomic E-state index is 14.9. The molecule has 2 aliphatic heterocycles. The number of anilines is 1. The van der Waals surface area contributed by atoms with Gasteiger partial charge in [-0.25, -0.2) is 13.8 Å². The molecule has 2 fully saturated rings. The van der Waals surface area contributed by atoms with Crippen molar-refractivity contribution in [2.45, 2.75) is 31.4 Å². The van der Waals surface area contributed by atoms with Gasteiger partial charge in [-0.1, -0.05) is 12.1 Å². The summed E-state index contributed by atoms with van der Waals surface area (Å²) in [6.07, 6.45) is 2.43. The number of rotatable bonds is 7. The van der Waals surface area contributed by atoms with E-state index >= 15 is 0 Å². The molecule has 4 aromatic rings. The molecule has 43 heavy (non-hydrogen) atoms. The number of fused-ring (bicyclic) bond motifs is 1. The molecule has 0 spiro atoms. The Morgan fingerprint density at radius 2 is 1.93 bits per heavy atom. The normalized spacial score (nSPS) is 19.3. The van der Waals surface area contributed by atoms with Crippen LogP contribution in [-0.2, 0) is 10.2 Å². The molecule has 6 rings (SSSR count). The van der Waals surface area contributed by atoms with Crippen molar-refractivity contribution in [2.24, 2.45) is 0 Å². The molecule has 2 unspecified atom stereocenters. The maximum Gasteiger partial charge on any atom is 0.301 e. The highest BCUT2D eigenvalue weighted by molar-refractivity contribution is 7.90. The van der Waals surface area contributed by atoms with E-state index in [-0.39, 0.29) is 41.9 Å². The first-order chi connectivity index (χ1) is 20.7. The number of hydrogen-bond acceptors (Lipinski definition) is 7. The third-order valence-electron chi connectivity index (χ3n) is 7.78. The molecule has 2 N–H and O–H groups in total. The second kappa shape index (κ2) is 11.7. The summed E-state index contributed by atoms with van der Waals surface area (Å²) in [6, 6.07) is 16.0. The van der Waals surface area contributed by atoms with Crippen molar-refractivity contribution in [1.82, 2.24) is 19.2 Å². The van der Waals surface area contributed by atoms with Gasteiger partial charge in [0.15, 0.2) is 11.6 Å². The Hall–Kier alpha value is -4.38. The molecule has 0 aliphatic carbocycles. The number of halogens is 2. The van der Waals surface area contributed by atoms with Crippen LogP contribution in [0.3, 0.4) is 0 Å². The van der Waals surface area contributed by atoms with Gasteiger partial charge in [0, 0.05) is 19.6 Å². The summed E-state index contributed by atoms with van der Waals surface area (Å²) in [5.74, 6) is -0.978. The second-order valence-corrected chi connectivity index (χ2v) is 12.3. The van der Waals surface area contributed by atoms with Gasteiger partial charge in [-0.15, -0.1) is 0 Å². The minimum Gasteiger partial charge on any atom is -0.453 e. The van der Waals surface area contributed by atoms with E-state index in [1.165, 1.54) is 34.7 Å². The van der Waals surface area contributed by atoms with Gasteiger partial charge >= 0.3 is 10.2 Å². The predicted molar refractivity (Wildman–Crippen MR) is 157 cm³/mol. The molecule has 3 aromatic carbocycles. The number of hydrogen-bond donors (Lipinski definition) is 2. The Morgan fingerprint density at radius 3 is 2.63 bits per heavy atom. The maximum atomic E-state index is 14.9. The van der Waals surface area contributed by atoms with Gasteiger partial charge in [0.05, 0.1) is 22.3 Å². The van der Waals surface area contributed by atoms with Crippen LogP contribution in [0.5, 0.6) is 11.5 Å². The van der Waals surface area contributed by atoms with E-state index in [1.807, 2.05) is 24.3 Å². The van der Waals surface area contributed by atoms with Crippen molar-refractivity contribution in [2.75, 3.05) is 30.9 Å². The molecule has 0 saturated carbocycles. The molecule has 1 aromatic heterocycles. The number of nitrogens with zero attached hydrogens (tertiary/aromatic N) is 4. The van der Waals surface area contributed by atoms with Crippen LogP contribution in [0, 0.1) is 17.1 Å². The van der Waals surface area contributed by atoms with E-state index in [9.17, 15) is 27.3 Å². The lowest BCUT2D eigenvalue weighted by Gasteiger charge is -2.23. The van der Waals surface area contributed by atoms with Gasteiger partial charge in [-0.2, -0.15) is 18.0 Å². The molecule has 3 heterocycles. The van der Waals surface area contributed by atoms with E-state index in [1.54, 1.807) is 6.07 Å². The van der Waals surface area contributed by atoms with Gasteiger partial charge in [-0.05, 0) is 79.8 Å². The van der Waals surface area contributed by atoms with Crippen molar-refractivity contribution in [3.05, 3.63) is 88.2 Å². The Morgan fingerprint density at radius 1 is 1.12 bits per heavy atom. The van der Waals surface area contributed by atoms with Crippen LogP contribution in [-0.4, -0.2) is 54.6 Å². The third-order valence-corrected chi connectivity index (χ3v) is 9.27. The number of aromatic nitrogens is 2. The average molecular weight is 607 g/mol. The zero-order chi connectivity index (χ0) is 30.1. The minimum atomic E-state index is -4.20. The highest BCUT2D eigenvalue weighted by atomic mass is 32.2. The molecule has 0 bridgehead atoms. The number of piperidine rings is 1. The third kappa shape index (κ3) is 5.81. The fourth-order valence-electron chi connectivity index (χ4n) is 5.47. The lowest BCUT2D eigenvalue weighted by molar-refractivity contribution is 0.343. The van der Waals surface area contributed by atoms with Crippen LogP contribution >= 0.6 is 0 Å². The van der Waals surface area contributed by atoms with Crippen molar-refractivity contribution >= 4 is 26.8 Å². The van der Waals surface area contributed by atoms with Gasteiger partial charge in [0.2, 0.25) is 0 Å². The highest BCUT2D eigenvalue weighted by Gasteiger charge is 2.32. The fourth-order valence-corrected chi connectivity index (χ4v) is 6.75. The quantitative estimate of drug-likeness (QED) is 0.320. The Kier molecular flexibility index (Phi) is 7.83. The zero-order valence-electron chi connectivity index (χ0n) is 23.0. The van der Waals surface area contributed by atoms with Gasteiger partial charge in [0.25, 0.3) is 5.56 Å². The monoisotopic (exact) mass is 606 g/mol. The van der Waals surface area contributed by atoms with E-state index < -0.39 is 33.5 Å². The Balaban J connectivity index is 1.30. The molecule has 2 saturated heterocycles. The lowest BCUT2D eigenvalue weighted by atomic mass is 9.91. The van der Waals surface area contributed by atoms with Crippen molar-refractivity contribution in [3.63, 3.8) is 0 Å². The van der Waals surface area contributed by atoms with Crippen molar-refractivity contribution < 1.29 is 21.9 Å². The van der Waals surface area contributed by atoms with Gasteiger partial charge < -0.3 is 10.1 Å². The number of ether oxygens (including phenoxy) is 1. The number of alkyl halides is 1. The van der Waals surface area contributed by atoms with Crippen LogP contribution in [0.4, 0.5) is 14.5 Å². The molecule has 0 amide bonds. The molecule has 13 heteroatoms. The summed E-state index contributed by atoms with van der Waals surface area (Å²) in [5, 5.41) is 13.4. The van der Waals surface area contributed by atoms with E-state index in [2.05, 4.69) is 15.0 Å². The predicted octanol–water partition coefficient (Wildman–Crippen LogP) is 4.36. The number of benzene rings is 3. The van der Waals surface area contributed by atoms with Crippen LogP contribution in [0.1, 0.15) is 36.3 Å². The highest BCUT2D eigenvalue weighted by Crippen LogP contribution is 2.35. The summed E-state index contributed by atoms with van der Waals surface area (Å²) < 4.78 is 64.4. The van der Waals surface area contributed by atoms with Crippen molar-refractivity contribution in [3.8, 4) is 23.3 Å². The summed E-state index contributed by atoms with van der Waals surface area (Å²) in [5.41, 5.74) is 1.21. The van der Waals surface area contributed by atoms with Crippen LogP contribution in [0.15, 0.2) is 65.7 Å². The van der Waals surface area contributed by atoms with E-state index in [4.69, 9.17) is 4.74 Å². The van der Waals surface area contributed by atoms with E-state index in [0.717, 1.165) is 42.4 Å². The average Bonchev–Trinajstić information content (AvgIpc) is 3.47. The first-order valence-electron chi connectivity index (χ1n) is 13.9. The number of nitriles is 1. The lowest BCUT2D eigenvalue weighted by Crippen LogP contribution is -2.34. The second-order valence-electron chi connectivity index (χ2n) is 10.6. The first-order valence-corrected chi connectivity index (χ1v) is 15.3. The molecule has 0 radical (unpaired) electrons. The van der Waals surface area contributed by atoms with Crippen LogP contribution < -0.4 is 20.3 Å². The molecule has 2 atom stereocenters. The topological polar surface area (TPSA) is 129 Å². The van der Waals surface area contributed by atoms with Crippen LogP contribution in [0.2, 0.25) is 0 Å². The first kappa shape index (κ1) is 28.7.